The highest BCUT2D eigenvalue weighted by molar-refractivity contribution is 5.84. The van der Waals surface area contributed by atoms with E-state index in [-0.39, 0.29) is 12.6 Å². The van der Waals surface area contributed by atoms with Crippen molar-refractivity contribution in [1.82, 2.24) is 0 Å². The van der Waals surface area contributed by atoms with Gasteiger partial charge in [0.2, 0.25) is 0 Å². The predicted octanol–water partition coefficient (Wildman–Crippen LogP) is 2.24. The van der Waals surface area contributed by atoms with E-state index in [2.05, 4.69) is 4.90 Å². The summed E-state index contributed by atoms with van der Waals surface area (Å²) in [6.07, 6.45) is 5.39. The van der Waals surface area contributed by atoms with Crippen LogP contribution in [0.25, 0.3) is 0 Å². The number of hydrogen-bond acceptors (Lipinski definition) is 3. The Labute approximate surface area is 102 Å². The van der Waals surface area contributed by atoms with Crippen molar-refractivity contribution in [3.63, 3.8) is 0 Å². The summed E-state index contributed by atoms with van der Waals surface area (Å²) < 4.78 is 0. The topological polar surface area (TPSA) is 40.5 Å². The molecule has 0 amide bonds. The lowest BCUT2D eigenvalue weighted by atomic mass is 10.1. The Kier molecular flexibility index (Phi) is 4.15. The number of aliphatic hydroxyl groups is 1. The maximum absolute atomic E-state index is 11.1. The van der Waals surface area contributed by atoms with Crippen molar-refractivity contribution < 1.29 is 9.90 Å². The molecular weight excluding hydrogens is 214 g/mol. The molecule has 3 nitrogen and oxygen atoms in total. The van der Waals surface area contributed by atoms with Gasteiger partial charge in [0.05, 0.1) is 12.6 Å². The smallest absolute Gasteiger partial charge is 0.152 e. The Morgan fingerprint density at radius 3 is 2.88 bits per heavy atom. The van der Waals surface area contributed by atoms with Crippen LogP contribution in [0.2, 0.25) is 0 Å². The van der Waals surface area contributed by atoms with Gasteiger partial charge >= 0.3 is 0 Å². The first-order valence-corrected chi connectivity index (χ1v) is 6.28. The minimum Gasteiger partial charge on any atom is -0.394 e. The van der Waals surface area contributed by atoms with Crippen molar-refractivity contribution in [2.75, 3.05) is 18.1 Å². The van der Waals surface area contributed by atoms with Crippen molar-refractivity contribution in [2.45, 2.75) is 31.7 Å². The third-order valence-electron chi connectivity index (χ3n) is 3.46. The lowest BCUT2D eigenvalue weighted by Crippen LogP contribution is -2.38. The zero-order chi connectivity index (χ0) is 12.1. The second-order valence-corrected chi connectivity index (χ2v) is 4.56. The van der Waals surface area contributed by atoms with Crippen LogP contribution in [0.3, 0.4) is 0 Å². The molecule has 1 fully saturated rings. The number of carbonyl (C=O) groups is 1. The van der Waals surface area contributed by atoms with Crippen LogP contribution in [-0.2, 0) is 0 Å². The number of rotatable bonds is 3. The molecule has 1 aliphatic heterocycles. The standard InChI is InChI=1S/C14H19NO2/c16-10-12-6-3-4-8-14(12)15-9-5-1-2-7-13(15)11-17/h3-4,6,8,10,13,17H,1-2,5,7,9,11H2. The fourth-order valence-electron chi connectivity index (χ4n) is 2.53. The van der Waals surface area contributed by atoms with E-state index in [1.165, 1.54) is 6.42 Å². The van der Waals surface area contributed by atoms with E-state index < -0.39 is 0 Å². The molecule has 1 heterocycles. The minimum atomic E-state index is 0.151. The Morgan fingerprint density at radius 2 is 2.12 bits per heavy atom. The van der Waals surface area contributed by atoms with Gasteiger partial charge in [0.1, 0.15) is 0 Å². The van der Waals surface area contributed by atoms with E-state index in [0.29, 0.717) is 5.56 Å². The predicted molar refractivity (Wildman–Crippen MR) is 68.5 cm³/mol. The van der Waals surface area contributed by atoms with Crippen molar-refractivity contribution in [3.8, 4) is 0 Å². The fraction of sp³-hybridized carbons (Fsp3) is 0.500. The normalized spacial score (nSPS) is 21.0. The molecule has 17 heavy (non-hydrogen) atoms. The van der Waals surface area contributed by atoms with Crippen LogP contribution in [0.5, 0.6) is 0 Å². The van der Waals surface area contributed by atoms with Gasteiger partial charge in [-0.25, -0.2) is 0 Å². The number of nitrogens with zero attached hydrogens (tertiary/aromatic N) is 1. The number of hydrogen-bond donors (Lipinski definition) is 1. The Hall–Kier alpha value is -1.35. The first-order chi connectivity index (χ1) is 8.36. The summed E-state index contributed by atoms with van der Waals surface area (Å²) in [6.45, 7) is 1.09. The minimum absolute atomic E-state index is 0.151. The van der Waals surface area contributed by atoms with Gasteiger partial charge in [-0.3, -0.25) is 4.79 Å². The highest BCUT2D eigenvalue weighted by atomic mass is 16.3. The van der Waals surface area contributed by atoms with Gasteiger partial charge in [0.15, 0.2) is 6.29 Å². The average molecular weight is 233 g/mol. The van der Waals surface area contributed by atoms with E-state index in [1.54, 1.807) is 0 Å². The molecule has 0 aromatic heterocycles. The summed E-state index contributed by atoms with van der Waals surface area (Å²) in [7, 11) is 0. The molecule has 1 saturated heterocycles. The van der Waals surface area contributed by atoms with Crippen LogP contribution in [0.4, 0.5) is 5.69 Å². The molecule has 3 heteroatoms. The molecule has 1 unspecified atom stereocenters. The van der Waals surface area contributed by atoms with Crippen LogP contribution < -0.4 is 4.90 Å². The lowest BCUT2D eigenvalue weighted by Gasteiger charge is -2.31. The monoisotopic (exact) mass is 233 g/mol. The lowest BCUT2D eigenvalue weighted by molar-refractivity contribution is 0.112. The van der Waals surface area contributed by atoms with Crippen molar-refractivity contribution in [2.24, 2.45) is 0 Å². The summed E-state index contributed by atoms with van der Waals surface area (Å²) in [5, 5.41) is 9.48. The fourth-order valence-corrected chi connectivity index (χ4v) is 2.53. The Balaban J connectivity index is 2.31. The highest BCUT2D eigenvalue weighted by Crippen LogP contribution is 2.26. The molecule has 0 saturated carbocycles. The maximum Gasteiger partial charge on any atom is 0.152 e. The number of aliphatic hydroxyl groups excluding tert-OH is 1. The summed E-state index contributed by atoms with van der Waals surface area (Å²) in [5.74, 6) is 0. The second-order valence-electron chi connectivity index (χ2n) is 4.56. The van der Waals surface area contributed by atoms with Gasteiger partial charge in [-0.1, -0.05) is 25.0 Å². The number of benzene rings is 1. The van der Waals surface area contributed by atoms with E-state index in [4.69, 9.17) is 0 Å². The van der Waals surface area contributed by atoms with Crippen molar-refractivity contribution >= 4 is 12.0 Å². The molecule has 92 valence electrons. The molecule has 1 aromatic carbocycles. The molecule has 1 atom stereocenters. The Morgan fingerprint density at radius 1 is 1.29 bits per heavy atom. The summed E-state index contributed by atoms with van der Waals surface area (Å²) in [6, 6.07) is 7.78. The first kappa shape index (κ1) is 12.1. The third-order valence-corrected chi connectivity index (χ3v) is 3.46. The molecule has 0 radical (unpaired) electrons. The van der Waals surface area contributed by atoms with Gasteiger partial charge in [0.25, 0.3) is 0 Å². The zero-order valence-electron chi connectivity index (χ0n) is 10.0. The molecule has 0 bridgehead atoms. The summed E-state index contributed by atoms with van der Waals surface area (Å²) >= 11 is 0. The molecule has 1 aliphatic rings. The van der Waals surface area contributed by atoms with E-state index in [0.717, 1.165) is 37.8 Å². The SMILES string of the molecule is O=Cc1ccccc1N1CCCCCC1CO. The molecule has 2 rings (SSSR count). The molecule has 1 aromatic rings. The molecule has 0 spiro atoms. The number of anilines is 1. The molecule has 1 N–H and O–H groups in total. The zero-order valence-corrected chi connectivity index (χ0v) is 10.0. The number of carbonyl (C=O) groups excluding carboxylic acids is 1. The third kappa shape index (κ3) is 2.67. The summed E-state index contributed by atoms with van der Waals surface area (Å²) in [5.41, 5.74) is 1.68. The first-order valence-electron chi connectivity index (χ1n) is 6.28. The van der Waals surface area contributed by atoms with Crippen LogP contribution >= 0.6 is 0 Å². The van der Waals surface area contributed by atoms with Crippen molar-refractivity contribution in [1.29, 1.82) is 0 Å². The highest BCUT2D eigenvalue weighted by Gasteiger charge is 2.22. The average Bonchev–Trinajstić information content (AvgIpc) is 2.63. The maximum atomic E-state index is 11.1. The van der Waals surface area contributed by atoms with Crippen molar-refractivity contribution in [3.05, 3.63) is 29.8 Å². The summed E-state index contributed by atoms with van der Waals surface area (Å²) in [4.78, 5) is 13.3. The Bertz CT molecular complexity index is 378. The van der Waals surface area contributed by atoms with Crippen LogP contribution in [0.15, 0.2) is 24.3 Å². The van der Waals surface area contributed by atoms with Gasteiger partial charge in [-0.15, -0.1) is 0 Å². The number of aldehydes is 1. The van der Waals surface area contributed by atoms with Crippen LogP contribution in [-0.4, -0.2) is 30.6 Å². The van der Waals surface area contributed by atoms with Gasteiger partial charge < -0.3 is 10.0 Å². The largest absolute Gasteiger partial charge is 0.394 e. The van der Waals surface area contributed by atoms with E-state index in [1.807, 2.05) is 24.3 Å². The van der Waals surface area contributed by atoms with Crippen LogP contribution in [0, 0.1) is 0 Å². The van der Waals surface area contributed by atoms with Crippen LogP contribution in [0.1, 0.15) is 36.0 Å². The van der Waals surface area contributed by atoms with Gasteiger partial charge in [0, 0.05) is 17.8 Å². The quantitative estimate of drug-likeness (QED) is 0.814. The van der Waals surface area contributed by atoms with E-state index in [9.17, 15) is 9.90 Å². The molecular formula is C14H19NO2. The number of para-hydroxylation sites is 1. The van der Waals surface area contributed by atoms with E-state index >= 15 is 0 Å². The second kappa shape index (κ2) is 5.82. The van der Waals surface area contributed by atoms with Gasteiger partial charge in [-0.2, -0.15) is 0 Å². The van der Waals surface area contributed by atoms with Gasteiger partial charge in [-0.05, 0) is 25.0 Å². The molecule has 0 aliphatic carbocycles.